The first kappa shape index (κ1) is 38.6. The number of halogens is 2. The lowest BCUT2D eigenvalue weighted by Crippen LogP contribution is -2.55. The van der Waals surface area contributed by atoms with Gasteiger partial charge in [-0.05, 0) is 60.1 Å². The zero-order valence-corrected chi connectivity index (χ0v) is 28.6. The molecular weight excluding hydrogens is 640 g/mol. The van der Waals surface area contributed by atoms with Crippen molar-refractivity contribution in [3.63, 3.8) is 0 Å². The SMILES string of the molecule is CCCC(CC)S(=O)(=O)C[C@@H](NC(=O)OCc1ccccc1)C(=O)N(Cc1cccc(CC)c1)C[C@@H](O)[C@@H](N)Cc1cc(F)cc(F)c1. The molecule has 0 heterocycles. The van der Waals surface area contributed by atoms with Crippen molar-refractivity contribution in [3.05, 3.63) is 107 Å². The second kappa shape index (κ2) is 18.6. The topological polar surface area (TPSA) is 139 Å². The summed E-state index contributed by atoms with van der Waals surface area (Å²) in [7, 11) is -3.88. The molecule has 0 radical (unpaired) electrons. The highest BCUT2D eigenvalue weighted by Gasteiger charge is 2.35. The standard InChI is InChI=1S/C36H47F2N3O6S/c1-4-11-31(6-3)48(45,46)24-33(40-36(44)47-23-26-12-8-7-9-13-26)35(43)41(21-27-15-10-14-25(5-2)16-27)22-34(42)32(39)19-28-17-29(37)20-30(38)18-28/h7-10,12-18,20,31-34,42H,4-6,11,19,21-24,39H2,1-3H3,(H,40,44)/t31?,32-,33+,34+/m0/s1. The van der Waals surface area contributed by atoms with Crippen LogP contribution in [-0.4, -0.2) is 66.2 Å². The molecule has 262 valence electrons. The Bertz CT molecular complexity index is 1570. The van der Waals surface area contributed by atoms with Crippen molar-refractivity contribution in [1.29, 1.82) is 0 Å². The quantitative estimate of drug-likeness (QED) is 0.170. The van der Waals surface area contributed by atoms with Crippen molar-refractivity contribution in [2.24, 2.45) is 5.73 Å². The van der Waals surface area contributed by atoms with E-state index in [1.54, 1.807) is 37.3 Å². The minimum atomic E-state index is -3.88. The number of rotatable bonds is 18. The fourth-order valence-electron chi connectivity index (χ4n) is 5.53. The Morgan fingerprint density at radius 3 is 2.19 bits per heavy atom. The van der Waals surface area contributed by atoms with Gasteiger partial charge in [0, 0.05) is 25.2 Å². The summed E-state index contributed by atoms with van der Waals surface area (Å²) in [4.78, 5) is 28.6. The minimum Gasteiger partial charge on any atom is -0.445 e. The number of carbonyl (C=O) groups excluding carboxylic acids is 2. The number of ether oxygens (including phenoxy) is 1. The number of benzene rings is 3. The highest BCUT2D eigenvalue weighted by atomic mass is 32.2. The summed E-state index contributed by atoms with van der Waals surface area (Å²) in [5.41, 5.74) is 8.89. The van der Waals surface area contributed by atoms with Crippen molar-refractivity contribution < 1.29 is 36.6 Å². The van der Waals surface area contributed by atoms with Crippen LogP contribution in [0, 0.1) is 11.6 Å². The predicted octanol–water partition coefficient (Wildman–Crippen LogP) is 5.08. The van der Waals surface area contributed by atoms with E-state index < -0.39 is 62.7 Å². The normalized spacial score (nSPS) is 14.1. The van der Waals surface area contributed by atoms with Crippen molar-refractivity contribution in [3.8, 4) is 0 Å². The first-order valence-electron chi connectivity index (χ1n) is 16.3. The number of alkyl carbamates (subject to hydrolysis) is 1. The number of nitrogens with zero attached hydrogens (tertiary/aromatic N) is 1. The van der Waals surface area contributed by atoms with Crippen molar-refractivity contribution in [2.75, 3.05) is 12.3 Å². The molecule has 0 aromatic heterocycles. The van der Waals surface area contributed by atoms with Gasteiger partial charge in [0.2, 0.25) is 5.91 Å². The summed E-state index contributed by atoms with van der Waals surface area (Å²) < 4.78 is 60.2. The molecule has 3 aromatic rings. The number of sulfone groups is 1. The lowest BCUT2D eigenvalue weighted by atomic mass is 10.0. The molecule has 0 spiro atoms. The van der Waals surface area contributed by atoms with Crippen LogP contribution in [0.25, 0.3) is 0 Å². The van der Waals surface area contributed by atoms with E-state index in [4.69, 9.17) is 10.5 Å². The number of nitrogens with two attached hydrogens (primary N) is 1. The predicted molar refractivity (Wildman–Crippen MR) is 182 cm³/mol. The molecule has 0 aliphatic rings. The van der Waals surface area contributed by atoms with Crippen LogP contribution in [0.3, 0.4) is 0 Å². The summed E-state index contributed by atoms with van der Waals surface area (Å²) in [6.07, 6.45) is -0.389. The van der Waals surface area contributed by atoms with Gasteiger partial charge >= 0.3 is 6.09 Å². The Morgan fingerprint density at radius 1 is 0.917 bits per heavy atom. The van der Waals surface area contributed by atoms with Crippen LogP contribution >= 0.6 is 0 Å². The van der Waals surface area contributed by atoms with Crippen LogP contribution in [0.2, 0.25) is 0 Å². The molecular formula is C36H47F2N3O6S. The zero-order chi connectivity index (χ0) is 35.3. The van der Waals surface area contributed by atoms with Crippen LogP contribution < -0.4 is 11.1 Å². The first-order valence-corrected chi connectivity index (χ1v) is 18.0. The maximum absolute atomic E-state index is 14.3. The average Bonchev–Trinajstić information content (AvgIpc) is 3.05. The average molecular weight is 688 g/mol. The van der Waals surface area contributed by atoms with E-state index in [9.17, 15) is 31.9 Å². The van der Waals surface area contributed by atoms with Gasteiger partial charge in [-0.15, -0.1) is 0 Å². The van der Waals surface area contributed by atoms with Crippen molar-refractivity contribution in [2.45, 2.75) is 89.5 Å². The second-order valence-electron chi connectivity index (χ2n) is 12.0. The number of aryl methyl sites for hydroxylation is 1. The molecule has 12 heteroatoms. The molecule has 1 unspecified atom stereocenters. The minimum absolute atomic E-state index is 0.0332. The van der Waals surface area contributed by atoms with Crippen LogP contribution in [0.4, 0.5) is 13.6 Å². The molecule has 0 bridgehead atoms. The lowest BCUT2D eigenvalue weighted by molar-refractivity contribution is -0.135. The molecule has 0 fully saturated rings. The van der Waals surface area contributed by atoms with Crippen molar-refractivity contribution >= 4 is 21.8 Å². The molecule has 48 heavy (non-hydrogen) atoms. The van der Waals surface area contributed by atoms with E-state index in [1.807, 2.05) is 38.1 Å². The van der Waals surface area contributed by atoms with E-state index in [2.05, 4.69) is 5.32 Å². The summed E-state index contributed by atoms with van der Waals surface area (Å²) in [6, 6.07) is 16.7. The Kier molecular flexibility index (Phi) is 15.0. The summed E-state index contributed by atoms with van der Waals surface area (Å²) >= 11 is 0. The van der Waals surface area contributed by atoms with E-state index >= 15 is 0 Å². The monoisotopic (exact) mass is 687 g/mol. The van der Waals surface area contributed by atoms with Gasteiger partial charge in [0.15, 0.2) is 9.84 Å². The Labute approximate surface area is 282 Å². The second-order valence-corrected chi connectivity index (χ2v) is 14.3. The van der Waals surface area contributed by atoms with Crippen molar-refractivity contribution in [1.82, 2.24) is 10.2 Å². The highest BCUT2D eigenvalue weighted by molar-refractivity contribution is 7.92. The summed E-state index contributed by atoms with van der Waals surface area (Å²) in [5.74, 6) is -3.02. The maximum atomic E-state index is 14.3. The van der Waals surface area contributed by atoms with E-state index in [0.717, 1.165) is 30.2 Å². The molecule has 3 aromatic carbocycles. The third-order valence-corrected chi connectivity index (χ3v) is 10.5. The van der Waals surface area contributed by atoms with Gasteiger partial charge in [-0.25, -0.2) is 22.0 Å². The molecule has 3 rings (SSSR count). The molecule has 0 aliphatic heterocycles. The maximum Gasteiger partial charge on any atom is 0.408 e. The molecule has 4 atom stereocenters. The number of aliphatic hydroxyl groups is 1. The first-order chi connectivity index (χ1) is 22.8. The molecule has 2 amide bonds. The number of amides is 2. The van der Waals surface area contributed by atoms with Gasteiger partial charge in [-0.1, -0.05) is 81.8 Å². The lowest BCUT2D eigenvalue weighted by Gasteiger charge is -2.32. The van der Waals surface area contributed by atoms with Gasteiger partial charge in [0.25, 0.3) is 0 Å². The molecule has 0 aliphatic carbocycles. The molecule has 0 saturated carbocycles. The Hall–Kier alpha value is -3.87. The van der Waals surface area contributed by atoms with E-state index in [-0.39, 0.29) is 31.7 Å². The smallest absolute Gasteiger partial charge is 0.408 e. The zero-order valence-electron chi connectivity index (χ0n) is 27.8. The number of hydrogen-bond donors (Lipinski definition) is 3. The van der Waals surface area contributed by atoms with Gasteiger partial charge in [-0.3, -0.25) is 4.79 Å². The summed E-state index contributed by atoms with van der Waals surface area (Å²) in [6.45, 7) is 5.12. The van der Waals surface area contributed by atoms with Crippen LogP contribution in [-0.2, 0) is 45.4 Å². The third-order valence-electron chi connectivity index (χ3n) is 8.16. The van der Waals surface area contributed by atoms with E-state index in [0.29, 0.717) is 30.4 Å². The summed E-state index contributed by atoms with van der Waals surface area (Å²) in [5, 5.41) is 12.9. The van der Waals surface area contributed by atoms with Crippen LogP contribution in [0.15, 0.2) is 72.8 Å². The van der Waals surface area contributed by atoms with Crippen LogP contribution in [0.5, 0.6) is 0 Å². The Morgan fingerprint density at radius 2 is 1.56 bits per heavy atom. The van der Waals surface area contributed by atoms with Gasteiger partial charge < -0.3 is 25.8 Å². The largest absolute Gasteiger partial charge is 0.445 e. The molecule has 9 nitrogen and oxygen atoms in total. The van der Waals surface area contributed by atoms with Gasteiger partial charge in [0.05, 0.1) is 17.1 Å². The van der Waals surface area contributed by atoms with Crippen LogP contribution in [0.1, 0.15) is 62.3 Å². The van der Waals surface area contributed by atoms with E-state index in [1.165, 1.54) is 4.90 Å². The number of hydrogen-bond acceptors (Lipinski definition) is 7. The van der Waals surface area contributed by atoms with Gasteiger partial charge in [-0.2, -0.15) is 0 Å². The number of nitrogens with one attached hydrogen (secondary N) is 1. The Balaban J connectivity index is 1.93. The number of aliphatic hydroxyl groups excluding tert-OH is 1. The fraction of sp³-hybridized carbons (Fsp3) is 0.444. The highest BCUT2D eigenvalue weighted by Crippen LogP contribution is 2.18. The molecule has 0 saturated heterocycles. The number of carbonyl (C=O) groups is 2. The van der Waals surface area contributed by atoms with Gasteiger partial charge in [0.1, 0.15) is 24.3 Å². The fourth-order valence-corrected chi connectivity index (χ4v) is 7.59. The molecule has 4 N–H and O–H groups in total. The third kappa shape index (κ3) is 12.0.